The number of piperazine rings is 1. The molecule has 2 fully saturated rings. The first kappa shape index (κ1) is 38.1. The van der Waals surface area contributed by atoms with Crippen molar-refractivity contribution in [3.05, 3.63) is 114 Å². The number of hydrogen-bond donors (Lipinski definition) is 3. The number of para-hydroxylation sites is 1. The number of aromatic nitrogens is 1. The van der Waals surface area contributed by atoms with Gasteiger partial charge in [0.1, 0.15) is 18.0 Å². The zero-order valence-electron chi connectivity index (χ0n) is 31.3. The van der Waals surface area contributed by atoms with Crippen LogP contribution < -0.4 is 5.32 Å². The van der Waals surface area contributed by atoms with Crippen LogP contribution in [0.2, 0.25) is 0 Å². The number of nitrogens with one attached hydrogen (secondary N) is 1. The number of carbonyl (C=O) groups is 4. The smallest absolute Gasteiger partial charge is 0.334 e. The van der Waals surface area contributed by atoms with Crippen molar-refractivity contribution < 1.29 is 29.4 Å². The zero-order chi connectivity index (χ0) is 38.7. The van der Waals surface area contributed by atoms with Gasteiger partial charge in [-0.2, -0.15) is 0 Å². The Morgan fingerprint density at radius 3 is 2.43 bits per heavy atom. The molecule has 2 saturated heterocycles. The average molecular weight is 736 g/mol. The highest BCUT2D eigenvalue weighted by Crippen LogP contribution is 2.32. The maximum absolute atomic E-state index is 14.6. The number of rotatable bonds is 12. The van der Waals surface area contributed by atoms with E-state index in [9.17, 15) is 29.4 Å². The van der Waals surface area contributed by atoms with E-state index in [2.05, 4.69) is 11.9 Å². The molecule has 2 aliphatic heterocycles. The van der Waals surface area contributed by atoms with Crippen LogP contribution in [0.1, 0.15) is 40.9 Å². The summed E-state index contributed by atoms with van der Waals surface area (Å²) in [5.74, 6) is -0.659. The molecule has 0 spiro atoms. The second-order valence-electron chi connectivity index (χ2n) is 15.0. The highest BCUT2D eigenvalue weighted by atomic mass is 16.3. The molecule has 1 aromatic heterocycles. The Bertz CT molecular complexity index is 2030. The SMILES string of the molecule is C=CCN1CC(=O)N2[C@@H](Cc3ccc(O)cc3)C(=O)N(Cc3cccc4c(C(=O)N(C)CC(C)(C)CO)cn(C)c34)C[C@@H]2N1C(=O)NCc1ccccc1. The Morgan fingerprint density at radius 2 is 1.74 bits per heavy atom. The number of aliphatic hydroxyl groups excluding tert-OH is 1. The lowest BCUT2D eigenvalue weighted by Crippen LogP contribution is -2.76. The molecular formula is C41H49N7O6. The third-order valence-electron chi connectivity index (χ3n) is 10.1. The number of carbonyl (C=O) groups excluding carboxylic acids is 4. The van der Waals surface area contributed by atoms with Crippen LogP contribution in [0.4, 0.5) is 4.79 Å². The highest BCUT2D eigenvalue weighted by molar-refractivity contribution is 6.07. The summed E-state index contributed by atoms with van der Waals surface area (Å²) in [4.78, 5) is 61.3. The first-order valence-electron chi connectivity index (χ1n) is 18.1. The summed E-state index contributed by atoms with van der Waals surface area (Å²) in [5, 5.41) is 26.7. The molecule has 5 amide bonds. The molecule has 3 aromatic carbocycles. The fourth-order valence-corrected chi connectivity index (χ4v) is 7.58. The highest BCUT2D eigenvalue weighted by Gasteiger charge is 2.51. The first-order valence-corrected chi connectivity index (χ1v) is 18.1. The van der Waals surface area contributed by atoms with E-state index in [0.29, 0.717) is 12.1 Å². The maximum atomic E-state index is 14.6. The third-order valence-corrected chi connectivity index (χ3v) is 10.1. The summed E-state index contributed by atoms with van der Waals surface area (Å²) in [6.45, 7) is 8.52. The summed E-state index contributed by atoms with van der Waals surface area (Å²) in [5.41, 5.74) is 3.26. The number of amides is 5. The van der Waals surface area contributed by atoms with Crippen LogP contribution >= 0.6 is 0 Å². The molecule has 0 unspecified atom stereocenters. The van der Waals surface area contributed by atoms with Crippen LogP contribution in [-0.2, 0) is 36.1 Å². The van der Waals surface area contributed by atoms with Gasteiger partial charge in [-0.05, 0) is 28.8 Å². The normalized spacial score (nSPS) is 17.8. The molecule has 284 valence electrons. The van der Waals surface area contributed by atoms with Crippen molar-refractivity contribution in [1.82, 2.24) is 34.6 Å². The number of phenolic OH excluding ortho intramolecular Hbond substituents is 1. The second-order valence-corrected chi connectivity index (χ2v) is 15.0. The summed E-state index contributed by atoms with van der Waals surface area (Å²) in [6.07, 6.45) is 2.76. The monoisotopic (exact) mass is 735 g/mol. The van der Waals surface area contributed by atoms with Crippen molar-refractivity contribution in [2.24, 2.45) is 12.5 Å². The minimum Gasteiger partial charge on any atom is -0.508 e. The van der Waals surface area contributed by atoms with E-state index >= 15 is 0 Å². The summed E-state index contributed by atoms with van der Waals surface area (Å²) >= 11 is 0. The molecule has 0 radical (unpaired) electrons. The molecule has 13 heteroatoms. The van der Waals surface area contributed by atoms with Gasteiger partial charge < -0.3 is 34.8 Å². The van der Waals surface area contributed by atoms with E-state index in [4.69, 9.17) is 0 Å². The predicted molar refractivity (Wildman–Crippen MR) is 205 cm³/mol. The van der Waals surface area contributed by atoms with Crippen LogP contribution in [-0.4, -0.2) is 115 Å². The third kappa shape index (κ3) is 7.82. The molecule has 54 heavy (non-hydrogen) atoms. The molecular weight excluding hydrogens is 686 g/mol. The molecule has 3 heterocycles. The van der Waals surface area contributed by atoms with Gasteiger partial charge in [-0.25, -0.2) is 14.8 Å². The van der Waals surface area contributed by atoms with Gasteiger partial charge in [0.2, 0.25) is 11.8 Å². The molecule has 3 N–H and O–H groups in total. The number of fused-ring (bicyclic) bond motifs is 2. The fourth-order valence-electron chi connectivity index (χ4n) is 7.58. The Hall–Kier alpha value is -5.66. The van der Waals surface area contributed by atoms with E-state index in [0.717, 1.165) is 27.6 Å². The van der Waals surface area contributed by atoms with Crippen LogP contribution in [0.25, 0.3) is 10.9 Å². The minimum absolute atomic E-state index is 0.0363. The predicted octanol–water partition coefficient (Wildman–Crippen LogP) is 3.71. The lowest BCUT2D eigenvalue weighted by atomic mass is 9.94. The maximum Gasteiger partial charge on any atom is 0.334 e. The minimum atomic E-state index is -0.940. The van der Waals surface area contributed by atoms with E-state index in [1.165, 1.54) is 4.90 Å². The summed E-state index contributed by atoms with van der Waals surface area (Å²) < 4.78 is 1.89. The quantitative estimate of drug-likeness (QED) is 0.189. The average Bonchev–Trinajstić information content (AvgIpc) is 3.50. The molecule has 4 aromatic rings. The number of aliphatic hydroxyl groups is 1. The van der Waals surface area contributed by atoms with Crippen LogP contribution in [0, 0.1) is 5.41 Å². The van der Waals surface area contributed by atoms with Gasteiger partial charge in [-0.3, -0.25) is 14.4 Å². The van der Waals surface area contributed by atoms with Crippen molar-refractivity contribution in [2.75, 3.05) is 39.8 Å². The Kier molecular flexibility index (Phi) is 11.1. The number of urea groups is 1. The van der Waals surface area contributed by atoms with E-state index < -0.39 is 23.7 Å². The number of benzene rings is 3. The van der Waals surface area contributed by atoms with Gasteiger partial charge >= 0.3 is 6.03 Å². The molecule has 2 atom stereocenters. The molecule has 2 aliphatic rings. The lowest BCUT2D eigenvalue weighted by molar-refractivity contribution is -0.189. The number of aryl methyl sites for hydroxylation is 1. The number of phenols is 1. The Morgan fingerprint density at radius 1 is 1.02 bits per heavy atom. The molecule has 0 saturated carbocycles. The number of hydrogen-bond acceptors (Lipinski definition) is 7. The van der Waals surface area contributed by atoms with Crippen LogP contribution in [0.5, 0.6) is 5.75 Å². The fraction of sp³-hybridized carbons (Fsp3) is 0.366. The largest absolute Gasteiger partial charge is 0.508 e. The van der Waals surface area contributed by atoms with Crippen molar-refractivity contribution in [2.45, 2.75) is 45.6 Å². The van der Waals surface area contributed by atoms with Gasteiger partial charge in [-0.15, -0.1) is 6.58 Å². The van der Waals surface area contributed by atoms with E-state index in [1.807, 2.05) is 74.0 Å². The topological polar surface area (TPSA) is 142 Å². The molecule has 13 nitrogen and oxygen atoms in total. The standard InChI is InChI=1S/C41H49N7O6/c1-6-19-46-25-36(51)47-34(20-28-15-17-31(50)18-16-28)39(53)45(24-35(47)48(46)40(54)42-21-29-11-8-7-9-12-29)22-30-13-10-14-32-33(23-43(4)37(30)32)38(52)44(5)26-41(2,3)27-49/h6-18,23,34-35,49-50H,1,19-22,24-27H2,2-5H3,(H,42,54)/t34-,35-/m0/s1. The molecule has 0 aliphatic carbocycles. The number of aromatic hydroxyl groups is 1. The summed E-state index contributed by atoms with van der Waals surface area (Å²) in [6, 6.07) is 20.4. The van der Waals surface area contributed by atoms with Crippen molar-refractivity contribution in [3.63, 3.8) is 0 Å². The van der Waals surface area contributed by atoms with Crippen LogP contribution in [0.3, 0.4) is 0 Å². The molecule has 0 bridgehead atoms. The Labute approximate surface area is 315 Å². The number of nitrogens with zero attached hydrogens (tertiary/aromatic N) is 6. The van der Waals surface area contributed by atoms with Gasteiger partial charge in [0.15, 0.2) is 0 Å². The molecule has 6 rings (SSSR count). The second kappa shape index (κ2) is 15.7. The van der Waals surface area contributed by atoms with E-state index in [-0.39, 0.29) is 69.2 Å². The van der Waals surface area contributed by atoms with Gasteiger partial charge in [0.25, 0.3) is 5.91 Å². The lowest BCUT2D eigenvalue weighted by Gasteiger charge is -2.55. The summed E-state index contributed by atoms with van der Waals surface area (Å²) in [7, 11) is 3.58. The van der Waals surface area contributed by atoms with Crippen molar-refractivity contribution in [1.29, 1.82) is 0 Å². The first-order chi connectivity index (χ1) is 25.8. The van der Waals surface area contributed by atoms with Crippen LogP contribution in [0.15, 0.2) is 91.6 Å². The Balaban J connectivity index is 1.37. The van der Waals surface area contributed by atoms with Gasteiger partial charge in [0, 0.05) is 70.3 Å². The van der Waals surface area contributed by atoms with Gasteiger partial charge in [0.05, 0.1) is 24.2 Å². The number of hydrazine groups is 1. The van der Waals surface area contributed by atoms with Crippen molar-refractivity contribution >= 4 is 34.7 Å². The van der Waals surface area contributed by atoms with Crippen molar-refractivity contribution in [3.8, 4) is 5.75 Å². The zero-order valence-corrected chi connectivity index (χ0v) is 31.3. The van der Waals surface area contributed by atoms with Gasteiger partial charge in [-0.1, -0.05) is 80.6 Å². The van der Waals surface area contributed by atoms with E-state index in [1.54, 1.807) is 63.4 Å².